The predicted octanol–water partition coefficient (Wildman–Crippen LogP) is 7.38. The third-order valence-corrected chi connectivity index (χ3v) is 11.2. The molecule has 6 rings (SSSR count). The topological polar surface area (TPSA) is 90.4 Å². The number of rotatable bonds is 6. The van der Waals surface area contributed by atoms with Gasteiger partial charge in [0.15, 0.2) is 0 Å². The van der Waals surface area contributed by atoms with Crippen LogP contribution < -0.4 is 10.1 Å². The van der Waals surface area contributed by atoms with E-state index in [4.69, 9.17) is 37.9 Å². The number of ether oxygens (including phenoxy) is 1. The van der Waals surface area contributed by atoms with Gasteiger partial charge in [0.05, 0.1) is 12.2 Å². The normalized spacial score (nSPS) is 23.8. The van der Waals surface area contributed by atoms with Crippen molar-refractivity contribution in [2.75, 3.05) is 39.3 Å². The van der Waals surface area contributed by atoms with Crippen LogP contribution in [0.25, 0.3) is 0 Å². The van der Waals surface area contributed by atoms with Gasteiger partial charge in [-0.25, -0.2) is 4.79 Å². The maximum Gasteiger partial charge on any atom is 0.326 e. The number of nitrogens with zero attached hydrogens (tertiary/aromatic N) is 5. The number of aliphatic imine (C=N–C) groups is 1. The standard InChI is InChI=1S/C39H48Cl2N6O3/c1-7-50-32-24-33(37(2,3)4)43-25-31(32)35-44-38(5,26-8-12-28(40)13-9-26)39(6,27-10-14-29(41)15-11-27)47(35)36(49)46-20-16-30(17-21-46)45-22-18-34(48)42-19-23-45/h8-15,24-25,30H,7,16-23H2,1-6H3,(H,42,48)/t38-,39+/m0/s1. The van der Waals surface area contributed by atoms with Gasteiger partial charge in [-0.05, 0) is 69.0 Å². The van der Waals surface area contributed by atoms with Crippen LogP contribution >= 0.6 is 23.2 Å². The highest BCUT2D eigenvalue weighted by Crippen LogP contribution is 2.54. The minimum atomic E-state index is -1.00. The Balaban J connectivity index is 1.48. The summed E-state index contributed by atoms with van der Waals surface area (Å²) in [7, 11) is 0. The fraction of sp³-hybridized carbons (Fsp3) is 0.487. The van der Waals surface area contributed by atoms with E-state index in [-0.39, 0.29) is 17.4 Å². The summed E-state index contributed by atoms with van der Waals surface area (Å²) in [6, 6.07) is 17.6. The maximum absolute atomic E-state index is 15.3. The summed E-state index contributed by atoms with van der Waals surface area (Å²) in [6.45, 7) is 16.3. The van der Waals surface area contributed by atoms with Gasteiger partial charge in [-0.15, -0.1) is 0 Å². The molecule has 0 saturated carbocycles. The monoisotopic (exact) mass is 718 g/mol. The van der Waals surface area contributed by atoms with Crippen LogP contribution in [0.4, 0.5) is 4.79 Å². The first kappa shape index (κ1) is 36.1. The molecule has 3 aliphatic heterocycles. The van der Waals surface area contributed by atoms with Crippen LogP contribution in [0.5, 0.6) is 5.75 Å². The van der Waals surface area contributed by atoms with Gasteiger partial charge in [-0.2, -0.15) is 0 Å². The minimum Gasteiger partial charge on any atom is -0.493 e. The molecule has 0 aliphatic carbocycles. The largest absolute Gasteiger partial charge is 0.493 e. The molecule has 0 bridgehead atoms. The van der Waals surface area contributed by atoms with Gasteiger partial charge in [0.2, 0.25) is 5.91 Å². The fourth-order valence-corrected chi connectivity index (χ4v) is 7.82. The summed E-state index contributed by atoms with van der Waals surface area (Å²) in [6.07, 6.45) is 3.94. The maximum atomic E-state index is 15.3. The lowest BCUT2D eigenvalue weighted by atomic mass is 9.71. The lowest BCUT2D eigenvalue weighted by Gasteiger charge is -2.47. The molecule has 50 heavy (non-hydrogen) atoms. The summed E-state index contributed by atoms with van der Waals surface area (Å²) in [5.74, 6) is 1.23. The lowest BCUT2D eigenvalue weighted by Crippen LogP contribution is -2.59. The molecule has 1 aromatic heterocycles. The summed E-state index contributed by atoms with van der Waals surface area (Å²) >= 11 is 12.8. The van der Waals surface area contributed by atoms with E-state index in [1.807, 2.05) is 77.5 Å². The van der Waals surface area contributed by atoms with Crippen LogP contribution in [-0.4, -0.2) is 82.8 Å². The van der Waals surface area contributed by atoms with Crippen LogP contribution in [0.15, 0.2) is 65.8 Å². The van der Waals surface area contributed by atoms with Crippen molar-refractivity contribution < 1.29 is 14.3 Å². The Kier molecular flexibility index (Phi) is 10.2. The van der Waals surface area contributed by atoms with Gasteiger partial charge in [0.25, 0.3) is 0 Å². The zero-order valence-electron chi connectivity index (χ0n) is 29.9. The van der Waals surface area contributed by atoms with Gasteiger partial charge in [-0.3, -0.25) is 24.6 Å². The number of carbonyl (C=O) groups is 2. The summed E-state index contributed by atoms with van der Waals surface area (Å²) in [5.41, 5.74) is 1.17. The molecule has 2 fully saturated rings. The van der Waals surface area contributed by atoms with E-state index in [0.29, 0.717) is 65.9 Å². The first-order valence-corrected chi connectivity index (χ1v) is 18.4. The Bertz CT molecular complexity index is 1750. The van der Waals surface area contributed by atoms with Crippen molar-refractivity contribution in [3.8, 4) is 5.75 Å². The van der Waals surface area contributed by atoms with Crippen LogP contribution in [0, 0.1) is 0 Å². The molecule has 3 amide bonds. The molecule has 4 heterocycles. The van der Waals surface area contributed by atoms with E-state index < -0.39 is 11.1 Å². The molecule has 1 N–H and O–H groups in total. The van der Waals surface area contributed by atoms with Crippen molar-refractivity contribution in [1.29, 1.82) is 0 Å². The van der Waals surface area contributed by atoms with Gasteiger partial charge >= 0.3 is 6.03 Å². The second kappa shape index (κ2) is 14.2. The Morgan fingerprint density at radius 1 is 0.960 bits per heavy atom. The van der Waals surface area contributed by atoms with Gasteiger partial charge in [0.1, 0.15) is 22.7 Å². The van der Waals surface area contributed by atoms with E-state index in [2.05, 4.69) is 44.8 Å². The van der Waals surface area contributed by atoms with Crippen LogP contribution in [0.1, 0.15) is 83.2 Å². The molecule has 9 nitrogen and oxygen atoms in total. The SMILES string of the molecule is CCOc1cc(C(C)(C)C)ncc1C1=N[C@@](C)(c2ccc(Cl)cc2)[C@@](C)(c2ccc(Cl)cc2)N1C(=O)N1CCC(N2CCNC(=O)CC2)CC1. The number of hydrogen-bond acceptors (Lipinski definition) is 6. The summed E-state index contributed by atoms with van der Waals surface area (Å²) in [4.78, 5) is 43.9. The van der Waals surface area contributed by atoms with E-state index in [1.54, 1.807) is 0 Å². The van der Waals surface area contributed by atoms with Gasteiger partial charge in [-0.1, -0.05) is 68.2 Å². The molecule has 2 aromatic carbocycles. The van der Waals surface area contributed by atoms with Crippen molar-refractivity contribution in [3.05, 3.63) is 93.2 Å². The molecule has 0 unspecified atom stereocenters. The number of likely N-dealkylation sites (tertiary alicyclic amines) is 1. The molecular weight excluding hydrogens is 671 g/mol. The van der Waals surface area contributed by atoms with E-state index in [1.165, 1.54) is 0 Å². The number of amides is 3. The first-order valence-electron chi connectivity index (χ1n) is 17.6. The highest BCUT2D eigenvalue weighted by molar-refractivity contribution is 6.30. The first-order chi connectivity index (χ1) is 23.8. The Morgan fingerprint density at radius 3 is 2.18 bits per heavy atom. The lowest BCUT2D eigenvalue weighted by molar-refractivity contribution is -0.120. The highest BCUT2D eigenvalue weighted by Gasteiger charge is 2.60. The number of nitrogens with one attached hydrogen (secondary N) is 1. The van der Waals surface area contributed by atoms with Crippen molar-refractivity contribution >= 4 is 41.0 Å². The summed E-state index contributed by atoms with van der Waals surface area (Å²) in [5, 5.41) is 4.21. The highest BCUT2D eigenvalue weighted by atomic mass is 35.5. The Morgan fingerprint density at radius 2 is 1.58 bits per heavy atom. The number of benzene rings is 2. The third-order valence-electron chi connectivity index (χ3n) is 10.7. The molecule has 2 saturated heterocycles. The van der Waals surface area contributed by atoms with Crippen LogP contribution in [-0.2, 0) is 21.3 Å². The molecule has 3 aliphatic rings. The quantitative estimate of drug-likeness (QED) is 0.287. The van der Waals surface area contributed by atoms with Crippen LogP contribution in [0.3, 0.4) is 0 Å². The van der Waals surface area contributed by atoms with Gasteiger partial charge < -0.3 is 15.0 Å². The number of halogens is 2. The molecule has 0 spiro atoms. The number of carbonyl (C=O) groups excluding carboxylic acids is 2. The number of urea groups is 1. The van der Waals surface area contributed by atoms with E-state index in [0.717, 1.165) is 42.8 Å². The van der Waals surface area contributed by atoms with E-state index in [9.17, 15) is 4.79 Å². The number of piperidine rings is 1. The average Bonchev–Trinajstić information content (AvgIpc) is 3.18. The summed E-state index contributed by atoms with van der Waals surface area (Å²) < 4.78 is 6.30. The molecule has 266 valence electrons. The zero-order valence-corrected chi connectivity index (χ0v) is 31.4. The Labute approximate surface area is 306 Å². The molecular formula is C39H48Cl2N6O3. The minimum absolute atomic E-state index is 0.0997. The number of hydrogen-bond donors (Lipinski definition) is 1. The fourth-order valence-electron chi connectivity index (χ4n) is 7.57. The van der Waals surface area contributed by atoms with Crippen molar-refractivity contribution in [2.24, 2.45) is 4.99 Å². The predicted molar refractivity (Wildman–Crippen MR) is 199 cm³/mol. The van der Waals surface area contributed by atoms with Crippen molar-refractivity contribution in [3.63, 3.8) is 0 Å². The Hall–Kier alpha value is -3.66. The molecule has 2 atom stereocenters. The second-order valence-electron chi connectivity index (χ2n) is 14.8. The van der Waals surface area contributed by atoms with Crippen LogP contribution in [0.2, 0.25) is 10.0 Å². The second-order valence-corrected chi connectivity index (χ2v) is 15.7. The van der Waals surface area contributed by atoms with Gasteiger partial charge in [0, 0.05) is 78.6 Å². The number of pyridine rings is 1. The van der Waals surface area contributed by atoms with Crippen molar-refractivity contribution in [1.82, 2.24) is 25.0 Å². The molecule has 11 heteroatoms. The molecule has 3 aromatic rings. The number of aromatic nitrogens is 1. The van der Waals surface area contributed by atoms with E-state index >= 15 is 4.79 Å². The molecule has 0 radical (unpaired) electrons. The number of amidine groups is 1. The zero-order chi connectivity index (χ0) is 35.8. The smallest absolute Gasteiger partial charge is 0.326 e. The third kappa shape index (κ3) is 6.72. The average molecular weight is 720 g/mol. The van der Waals surface area contributed by atoms with Crippen molar-refractivity contribution in [2.45, 2.75) is 83.3 Å².